The summed E-state index contributed by atoms with van der Waals surface area (Å²) < 4.78 is 5.19. The molecule has 0 radical (unpaired) electrons. The molecule has 102 valence electrons. The summed E-state index contributed by atoms with van der Waals surface area (Å²) >= 11 is 1.72. The molecule has 5 heteroatoms. The first-order valence-corrected chi connectivity index (χ1v) is 7.41. The van der Waals surface area contributed by atoms with Gasteiger partial charge in [-0.25, -0.2) is 4.98 Å². The van der Waals surface area contributed by atoms with Crippen molar-refractivity contribution < 1.29 is 4.74 Å². The van der Waals surface area contributed by atoms with Gasteiger partial charge in [0.05, 0.1) is 12.3 Å². The average molecular weight is 269 g/mol. The average Bonchev–Trinajstić information content (AvgIpc) is 2.72. The standard InChI is InChI=1S/C13H23N3OS/c1-9-4-5-16(10(2)6-9)13-15-11(8-17-3)12(7-14)18-13/h9-10H,4-8,14H2,1-3H3. The Morgan fingerprint density at radius 3 is 2.89 bits per heavy atom. The molecule has 2 atom stereocenters. The smallest absolute Gasteiger partial charge is 0.186 e. The second-order valence-corrected chi connectivity index (χ2v) is 6.24. The van der Waals surface area contributed by atoms with E-state index in [4.69, 9.17) is 15.5 Å². The summed E-state index contributed by atoms with van der Waals surface area (Å²) in [5.41, 5.74) is 6.78. The molecule has 18 heavy (non-hydrogen) atoms. The van der Waals surface area contributed by atoms with Crippen LogP contribution in [-0.2, 0) is 17.9 Å². The number of hydrogen-bond donors (Lipinski definition) is 1. The number of anilines is 1. The Balaban J connectivity index is 2.17. The minimum Gasteiger partial charge on any atom is -0.378 e. The fourth-order valence-corrected chi connectivity index (χ4v) is 3.66. The monoisotopic (exact) mass is 269 g/mol. The first-order chi connectivity index (χ1) is 8.65. The minimum absolute atomic E-state index is 0.551. The van der Waals surface area contributed by atoms with Crippen LogP contribution in [0.5, 0.6) is 0 Å². The lowest BCUT2D eigenvalue weighted by atomic mass is 9.94. The molecule has 0 aromatic carbocycles. The van der Waals surface area contributed by atoms with Crippen LogP contribution in [-0.4, -0.2) is 24.7 Å². The van der Waals surface area contributed by atoms with E-state index in [1.807, 2.05) is 0 Å². The van der Waals surface area contributed by atoms with Gasteiger partial charge in [-0.2, -0.15) is 0 Å². The quantitative estimate of drug-likeness (QED) is 0.911. The van der Waals surface area contributed by atoms with E-state index in [9.17, 15) is 0 Å². The highest BCUT2D eigenvalue weighted by molar-refractivity contribution is 7.15. The van der Waals surface area contributed by atoms with Crippen molar-refractivity contribution in [3.63, 3.8) is 0 Å². The molecule has 2 N–H and O–H groups in total. The summed E-state index contributed by atoms with van der Waals surface area (Å²) in [6.45, 7) is 6.83. The van der Waals surface area contributed by atoms with E-state index in [1.54, 1.807) is 18.4 Å². The van der Waals surface area contributed by atoms with Crippen molar-refractivity contribution in [3.8, 4) is 0 Å². The molecule has 4 nitrogen and oxygen atoms in total. The van der Waals surface area contributed by atoms with E-state index < -0.39 is 0 Å². The Bertz CT molecular complexity index is 394. The van der Waals surface area contributed by atoms with E-state index in [0.717, 1.165) is 28.2 Å². The van der Waals surface area contributed by atoms with Gasteiger partial charge >= 0.3 is 0 Å². The van der Waals surface area contributed by atoms with Gasteiger partial charge in [0, 0.05) is 31.1 Å². The van der Waals surface area contributed by atoms with Crippen molar-refractivity contribution in [2.45, 2.75) is 45.9 Å². The highest BCUT2D eigenvalue weighted by atomic mass is 32.1. The molecule has 1 aliphatic rings. The summed E-state index contributed by atoms with van der Waals surface area (Å²) in [5.74, 6) is 0.823. The molecule has 0 spiro atoms. The van der Waals surface area contributed by atoms with E-state index >= 15 is 0 Å². The van der Waals surface area contributed by atoms with E-state index in [0.29, 0.717) is 19.2 Å². The van der Waals surface area contributed by atoms with Crippen LogP contribution in [0.1, 0.15) is 37.3 Å². The van der Waals surface area contributed by atoms with Crippen LogP contribution in [0.25, 0.3) is 0 Å². The molecule has 1 aromatic heterocycles. The number of methoxy groups -OCH3 is 1. The van der Waals surface area contributed by atoms with Crippen LogP contribution in [0.2, 0.25) is 0 Å². The molecule has 2 unspecified atom stereocenters. The molecule has 1 saturated heterocycles. The van der Waals surface area contributed by atoms with E-state index in [1.165, 1.54) is 12.8 Å². The first-order valence-electron chi connectivity index (χ1n) is 6.60. The molecule has 0 aliphatic carbocycles. The van der Waals surface area contributed by atoms with Crippen molar-refractivity contribution in [3.05, 3.63) is 10.6 Å². The topological polar surface area (TPSA) is 51.4 Å². The van der Waals surface area contributed by atoms with Crippen LogP contribution in [0.3, 0.4) is 0 Å². The van der Waals surface area contributed by atoms with Gasteiger partial charge in [0.25, 0.3) is 0 Å². The second kappa shape index (κ2) is 5.99. The summed E-state index contributed by atoms with van der Waals surface area (Å²) in [6.07, 6.45) is 2.50. The van der Waals surface area contributed by atoms with Gasteiger partial charge in [-0.1, -0.05) is 6.92 Å². The number of ether oxygens (including phenoxy) is 1. The lowest BCUT2D eigenvalue weighted by Crippen LogP contribution is -2.40. The predicted molar refractivity (Wildman–Crippen MR) is 75.9 cm³/mol. The van der Waals surface area contributed by atoms with Crippen molar-refractivity contribution in [2.75, 3.05) is 18.6 Å². The third-order valence-electron chi connectivity index (χ3n) is 3.62. The van der Waals surface area contributed by atoms with Gasteiger partial charge in [0.15, 0.2) is 5.13 Å². The lowest BCUT2D eigenvalue weighted by molar-refractivity contribution is 0.181. The van der Waals surface area contributed by atoms with Gasteiger partial charge in [0.1, 0.15) is 0 Å². The Hall–Kier alpha value is -0.650. The Labute approximate surface area is 113 Å². The second-order valence-electron chi connectivity index (χ2n) is 5.18. The van der Waals surface area contributed by atoms with Crippen molar-refractivity contribution in [1.82, 2.24) is 4.98 Å². The Morgan fingerprint density at radius 2 is 2.28 bits per heavy atom. The highest BCUT2D eigenvalue weighted by Crippen LogP contribution is 2.32. The zero-order valence-electron chi connectivity index (χ0n) is 11.5. The maximum absolute atomic E-state index is 5.78. The highest BCUT2D eigenvalue weighted by Gasteiger charge is 2.26. The zero-order valence-corrected chi connectivity index (χ0v) is 12.3. The molecular formula is C13H23N3OS. The normalized spacial score (nSPS) is 24.6. The van der Waals surface area contributed by atoms with E-state index in [-0.39, 0.29) is 0 Å². The molecule has 0 saturated carbocycles. The van der Waals surface area contributed by atoms with Crippen LogP contribution < -0.4 is 10.6 Å². The molecule has 1 aliphatic heterocycles. The lowest BCUT2D eigenvalue weighted by Gasteiger charge is -2.36. The third-order valence-corrected chi connectivity index (χ3v) is 4.77. The number of piperidine rings is 1. The maximum Gasteiger partial charge on any atom is 0.186 e. The molecule has 1 fully saturated rings. The van der Waals surface area contributed by atoms with Gasteiger partial charge in [-0.3, -0.25) is 0 Å². The predicted octanol–water partition coefficient (Wildman–Crippen LogP) is 2.37. The number of hydrogen-bond acceptors (Lipinski definition) is 5. The number of nitrogens with two attached hydrogens (primary N) is 1. The summed E-state index contributed by atoms with van der Waals surface area (Å²) in [7, 11) is 1.70. The van der Waals surface area contributed by atoms with Crippen molar-refractivity contribution >= 4 is 16.5 Å². The van der Waals surface area contributed by atoms with Gasteiger partial charge < -0.3 is 15.4 Å². The SMILES string of the molecule is COCc1nc(N2CCC(C)CC2C)sc1CN. The fourth-order valence-electron chi connectivity index (χ4n) is 2.59. The number of thiazole rings is 1. The Kier molecular flexibility index (Phi) is 4.59. The molecule has 0 bridgehead atoms. The molecule has 2 rings (SSSR count). The Morgan fingerprint density at radius 1 is 1.50 bits per heavy atom. The minimum atomic E-state index is 0.551. The van der Waals surface area contributed by atoms with Crippen LogP contribution in [0.15, 0.2) is 0 Å². The van der Waals surface area contributed by atoms with Gasteiger partial charge in [-0.15, -0.1) is 11.3 Å². The number of nitrogens with zero attached hydrogens (tertiary/aromatic N) is 2. The van der Waals surface area contributed by atoms with Gasteiger partial charge in [-0.05, 0) is 25.7 Å². The zero-order chi connectivity index (χ0) is 13.1. The summed E-state index contributed by atoms with van der Waals surface area (Å²) in [5, 5.41) is 1.11. The number of rotatable bonds is 4. The van der Waals surface area contributed by atoms with E-state index in [2.05, 4.69) is 18.7 Å². The van der Waals surface area contributed by atoms with Crippen molar-refractivity contribution in [2.24, 2.45) is 11.7 Å². The van der Waals surface area contributed by atoms with Crippen LogP contribution in [0, 0.1) is 5.92 Å². The molecule has 0 amide bonds. The summed E-state index contributed by atoms with van der Waals surface area (Å²) in [6, 6.07) is 0.570. The first kappa shape index (κ1) is 13.8. The molecule has 1 aromatic rings. The molecular weight excluding hydrogens is 246 g/mol. The molecule has 2 heterocycles. The maximum atomic E-state index is 5.78. The third kappa shape index (κ3) is 2.84. The van der Waals surface area contributed by atoms with Crippen molar-refractivity contribution in [1.29, 1.82) is 0 Å². The van der Waals surface area contributed by atoms with Crippen LogP contribution >= 0.6 is 11.3 Å². The van der Waals surface area contributed by atoms with Crippen LogP contribution in [0.4, 0.5) is 5.13 Å². The fraction of sp³-hybridized carbons (Fsp3) is 0.769. The number of aromatic nitrogens is 1. The summed E-state index contributed by atoms with van der Waals surface area (Å²) in [4.78, 5) is 8.28. The van der Waals surface area contributed by atoms with Gasteiger partial charge in [0.2, 0.25) is 0 Å². The largest absolute Gasteiger partial charge is 0.378 e.